The first-order chi connectivity index (χ1) is 7.20. The summed E-state index contributed by atoms with van der Waals surface area (Å²) in [5.74, 6) is 0. The summed E-state index contributed by atoms with van der Waals surface area (Å²) in [5.41, 5.74) is -0.0690. The van der Waals surface area contributed by atoms with Crippen molar-refractivity contribution in [2.24, 2.45) is 0 Å². The number of alkyl carbamates (subject to hydrolysis) is 1. The van der Waals surface area contributed by atoms with Crippen molar-refractivity contribution < 1.29 is 9.53 Å². The normalized spacial score (nSPS) is 20.1. The number of hydrogen-bond donors (Lipinski definition) is 1. The van der Waals surface area contributed by atoms with Crippen molar-refractivity contribution in [1.82, 2.24) is 14.5 Å². The molecule has 0 bridgehead atoms. The number of nitrogens with one attached hydrogen (secondary N) is 1. The van der Waals surface area contributed by atoms with E-state index in [4.69, 9.17) is 4.74 Å². The van der Waals surface area contributed by atoms with Gasteiger partial charge in [0.2, 0.25) is 0 Å². The van der Waals surface area contributed by atoms with Crippen molar-refractivity contribution >= 4 is 6.09 Å². The minimum atomic E-state index is -0.414. The molecule has 1 aliphatic heterocycles. The number of amides is 1. The molecule has 0 saturated carbocycles. The highest BCUT2D eigenvalue weighted by molar-refractivity contribution is 5.69. The minimum Gasteiger partial charge on any atom is -0.442 e. The summed E-state index contributed by atoms with van der Waals surface area (Å²) in [7, 11) is 0. The minimum absolute atomic E-state index is 0.0690. The van der Waals surface area contributed by atoms with E-state index in [9.17, 15) is 9.59 Å². The number of aryl methyl sites for hydroxylation is 1. The van der Waals surface area contributed by atoms with E-state index in [2.05, 4.69) is 5.32 Å². The molecule has 6 nitrogen and oxygen atoms in total. The lowest BCUT2D eigenvalue weighted by Crippen LogP contribution is -2.29. The van der Waals surface area contributed by atoms with E-state index in [1.807, 2.05) is 6.92 Å². The molecule has 1 aromatic rings. The van der Waals surface area contributed by atoms with Crippen LogP contribution in [0.3, 0.4) is 0 Å². The number of carbonyl (C=O) groups excluding carboxylic acids is 1. The van der Waals surface area contributed by atoms with Crippen LogP contribution in [0.4, 0.5) is 4.79 Å². The number of aromatic nitrogens is 2. The smallest absolute Gasteiger partial charge is 0.407 e. The summed E-state index contributed by atoms with van der Waals surface area (Å²) in [5, 5.41) is 2.55. The lowest BCUT2D eigenvalue weighted by molar-refractivity contribution is 0.130. The zero-order chi connectivity index (χ0) is 10.8. The molecule has 2 heterocycles. The first-order valence-electron chi connectivity index (χ1n) is 4.90. The van der Waals surface area contributed by atoms with E-state index in [-0.39, 0.29) is 11.8 Å². The third kappa shape index (κ3) is 1.88. The van der Waals surface area contributed by atoms with E-state index < -0.39 is 6.09 Å². The number of carbonyl (C=O) groups is 1. The van der Waals surface area contributed by atoms with Gasteiger partial charge in [-0.15, -0.1) is 0 Å². The maximum absolute atomic E-state index is 11.6. The Morgan fingerprint density at radius 1 is 1.47 bits per heavy atom. The molecule has 1 aliphatic rings. The average molecular weight is 211 g/mol. The van der Waals surface area contributed by atoms with Crippen molar-refractivity contribution in [3.05, 3.63) is 22.9 Å². The van der Waals surface area contributed by atoms with Gasteiger partial charge < -0.3 is 10.1 Å². The molecule has 1 aromatic heterocycles. The van der Waals surface area contributed by atoms with E-state index >= 15 is 0 Å². The molecule has 1 fully saturated rings. The van der Waals surface area contributed by atoms with Crippen LogP contribution >= 0.6 is 0 Å². The van der Waals surface area contributed by atoms with Crippen LogP contribution in [0.2, 0.25) is 0 Å². The second kappa shape index (κ2) is 3.80. The molecule has 2 rings (SSSR count). The Kier molecular flexibility index (Phi) is 2.49. The molecular formula is C9H13N3O3. The number of imidazole rings is 1. The van der Waals surface area contributed by atoms with Crippen LogP contribution < -0.4 is 11.0 Å². The van der Waals surface area contributed by atoms with Crippen LogP contribution in [0.1, 0.15) is 6.92 Å². The largest absolute Gasteiger partial charge is 0.442 e. The second-order valence-electron chi connectivity index (χ2n) is 3.43. The van der Waals surface area contributed by atoms with Crippen molar-refractivity contribution in [3.8, 4) is 0 Å². The van der Waals surface area contributed by atoms with Gasteiger partial charge in [0, 0.05) is 18.9 Å². The highest BCUT2D eigenvalue weighted by atomic mass is 16.6. The SMILES string of the molecule is CCn1ccn(CC2CNC(=O)O2)c1=O. The third-order valence-corrected chi connectivity index (χ3v) is 2.41. The van der Waals surface area contributed by atoms with Crippen molar-refractivity contribution in [3.63, 3.8) is 0 Å². The van der Waals surface area contributed by atoms with Crippen LogP contribution in [0, 0.1) is 0 Å². The van der Waals surface area contributed by atoms with Crippen molar-refractivity contribution in [2.45, 2.75) is 26.1 Å². The van der Waals surface area contributed by atoms with Crippen LogP contribution in [0.25, 0.3) is 0 Å². The summed E-state index contributed by atoms with van der Waals surface area (Å²) >= 11 is 0. The molecule has 0 aromatic carbocycles. The van der Waals surface area contributed by atoms with Crippen LogP contribution in [0.5, 0.6) is 0 Å². The van der Waals surface area contributed by atoms with E-state index in [1.54, 1.807) is 21.5 Å². The van der Waals surface area contributed by atoms with Crippen LogP contribution in [0.15, 0.2) is 17.2 Å². The maximum Gasteiger partial charge on any atom is 0.407 e. The molecule has 1 atom stereocenters. The standard InChI is InChI=1S/C9H13N3O3/c1-2-11-3-4-12(9(11)14)6-7-5-10-8(13)15-7/h3-4,7H,2,5-6H2,1H3,(H,10,13). The molecule has 6 heteroatoms. The van der Waals surface area contributed by atoms with Gasteiger partial charge in [-0.1, -0.05) is 0 Å². The summed E-state index contributed by atoms with van der Waals surface area (Å²) in [6.07, 6.45) is 2.77. The molecule has 1 N–H and O–H groups in total. The Morgan fingerprint density at radius 2 is 2.20 bits per heavy atom. The van der Waals surface area contributed by atoms with Crippen LogP contribution in [-0.4, -0.2) is 27.9 Å². The van der Waals surface area contributed by atoms with Gasteiger partial charge >= 0.3 is 11.8 Å². The highest BCUT2D eigenvalue weighted by Gasteiger charge is 2.23. The predicted molar refractivity (Wildman–Crippen MR) is 52.6 cm³/mol. The maximum atomic E-state index is 11.6. The molecule has 0 aliphatic carbocycles. The number of ether oxygens (including phenoxy) is 1. The molecule has 0 spiro atoms. The quantitative estimate of drug-likeness (QED) is 0.751. The van der Waals surface area contributed by atoms with Gasteiger partial charge in [0.15, 0.2) is 0 Å². The molecule has 1 amide bonds. The van der Waals surface area contributed by atoms with Gasteiger partial charge in [0.05, 0.1) is 13.1 Å². The zero-order valence-electron chi connectivity index (χ0n) is 8.47. The third-order valence-electron chi connectivity index (χ3n) is 2.41. The Hall–Kier alpha value is -1.72. The number of hydrogen-bond acceptors (Lipinski definition) is 3. The molecule has 0 radical (unpaired) electrons. The van der Waals surface area contributed by atoms with E-state index in [0.717, 1.165) is 0 Å². The van der Waals surface area contributed by atoms with Gasteiger partial charge in [-0.2, -0.15) is 0 Å². The Balaban J connectivity index is 2.08. The van der Waals surface area contributed by atoms with Gasteiger partial charge in [0.25, 0.3) is 0 Å². The van der Waals surface area contributed by atoms with Gasteiger partial charge in [-0.3, -0.25) is 9.13 Å². The first-order valence-corrected chi connectivity index (χ1v) is 4.90. The summed E-state index contributed by atoms with van der Waals surface area (Å²) < 4.78 is 8.10. The number of nitrogens with zero attached hydrogens (tertiary/aromatic N) is 2. The van der Waals surface area contributed by atoms with E-state index in [0.29, 0.717) is 19.6 Å². The monoisotopic (exact) mass is 211 g/mol. The Morgan fingerprint density at radius 3 is 2.73 bits per heavy atom. The number of cyclic esters (lactones) is 1. The van der Waals surface area contributed by atoms with Gasteiger partial charge in [-0.25, -0.2) is 9.59 Å². The second-order valence-corrected chi connectivity index (χ2v) is 3.43. The molecule has 1 saturated heterocycles. The molecule has 82 valence electrons. The Labute approximate surface area is 86.5 Å². The fourth-order valence-electron chi connectivity index (χ4n) is 1.59. The fourth-order valence-corrected chi connectivity index (χ4v) is 1.59. The Bertz CT molecular complexity index is 420. The summed E-state index contributed by atoms with van der Waals surface area (Å²) in [6, 6.07) is 0. The predicted octanol–water partition coefficient (Wildman–Crippen LogP) is -0.222. The lowest BCUT2D eigenvalue weighted by atomic mass is 10.3. The summed E-state index contributed by atoms with van der Waals surface area (Å²) in [4.78, 5) is 22.4. The molecule has 1 unspecified atom stereocenters. The summed E-state index contributed by atoms with van der Waals surface area (Å²) in [6.45, 7) is 3.42. The van der Waals surface area contributed by atoms with Crippen molar-refractivity contribution in [1.29, 1.82) is 0 Å². The first kappa shape index (κ1) is 9.82. The average Bonchev–Trinajstić information content (AvgIpc) is 2.76. The molecular weight excluding hydrogens is 198 g/mol. The fraction of sp³-hybridized carbons (Fsp3) is 0.556. The van der Waals surface area contributed by atoms with Crippen molar-refractivity contribution in [2.75, 3.05) is 6.54 Å². The lowest BCUT2D eigenvalue weighted by Gasteiger charge is -2.07. The highest BCUT2D eigenvalue weighted by Crippen LogP contribution is 2.02. The van der Waals surface area contributed by atoms with Gasteiger partial charge in [-0.05, 0) is 6.92 Å². The zero-order valence-corrected chi connectivity index (χ0v) is 8.47. The number of rotatable bonds is 3. The van der Waals surface area contributed by atoms with E-state index in [1.165, 1.54) is 0 Å². The van der Waals surface area contributed by atoms with Gasteiger partial charge in [0.1, 0.15) is 6.10 Å². The van der Waals surface area contributed by atoms with Crippen LogP contribution in [-0.2, 0) is 17.8 Å². The molecule has 15 heavy (non-hydrogen) atoms. The topological polar surface area (TPSA) is 65.3 Å².